The molecule has 2 amide bonds. The van der Waals surface area contributed by atoms with Crippen molar-refractivity contribution in [2.24, 2.45) is 0 Å². The van der Waals surface area contributed by atoms with E-state index in [1.165, 1.54) is 13.0 Å². The Hall–Kier alpha value is -3.67. The van der Waals surface area contributed by atoms with Crippen LogP contribution in [0.2, 0.25) is 5.02 Å². The van der Waals surface area contributed by atoms with Gasteiger partial charge in [-0.1, -0.05) is 23.7 Å². The number of carbonyl (C=O) groups excluding carboxylic acids is 3. The van der Waals surface area contributed by atoms with Gasteiger partial charge in [0.1, 0.15) is 29.8 Å². The van der Waals surface area contributed by atoms with Crippen molar-refractivity contribution in [1.82, 2.24) is 4.90 Å². The molecule has 9 heteroatoms. The fourth-order valence-electron chi connectivity index (χ4n) is 3.20. The van der Waals surface area contributed by atoms with Gasteiger partial charge in [0.05, 0.1) is 19.8 Å². The van der Waals surface area contributed by atoms with E-state index in [1.807, 2.05) is 12.1 Å². The summed E-state index contributed by atoms with van der Waals surface area (Å²) in [5.41, 5.74) is 1.11. The van der Waals surface area contributed by atoms with Crippen molar-refractivity contribution in [3.05, 3.63) is 63.9 Å². The van der Waals surface area contributed by atoms with Gasteiger partial charge >= 0.3 is 5.97 Å². The third-order valence-corrected chi connectivity index (χ3v) is 5.08. The second-order valence-electron chi connectivity index (χ2n) is 7.10. The summed E-state index contributed by atoms with van der Waals surface area (Å²) >= 11 is 6.04. The van der Waals surface area contributed by atoms with Crippen LogP contribution in [0.1, 0.15) is 19.6 Å². The standard InChI is InChI=1S/C24H21ClN2O6/c1-15-20(13-19-6-7-22(33-19)17-4-3-5-18(25)12-17)23(29)27(24(30)21(15)14-26)8-9-31-10-11-32-16(2)28/h3-7,12-13H,8-11H2,1-2H3/b20-13+. The van der Waals surface area contributed by atoms with Crippen LogP contribution in [0.5, 0.6) is 0 Å². The van der Waals surface area contributed by atoms with Crippen molar-refractivity contribution in [2.45, 2.75) is 13.8 Å². The maximum atomic E-state index is 13.1. The van der Waals surface area contributed by atoms with Crippen LogP contribution in [0.3, 0.4) is 0 Å². The van der Waals surface area contributed by atoms with Crippen LogP contribution in [0.15, 0.2) is 57.5 Å². The van der Waals surface area contributed by atoms with Crippen molar-refractivity contribution in [2.75, 3.05) is 26.4 Å². The van der Waals surface area contributed by atoms with Crippen LogP contribution < -0.4 is 0 Å². The molecule has 1 aliphatic heterocycles. The molecule has 3 rings (SSSR count). The maximum Gasteiger partial charge on any atom is 0.302 e. The molecule has 1 aromatic carbocycles. The SMILES string of the molecule is CC(=O)OCCOCCN1C(=O)C(C#N)=C(C)/C(=C\c2ccc(-c3cccc(Cl)c3)o2)C1=O. The summed E-state index contributed by atoms with van der Waals surface area (Å²) in [6.07, 6.45) is 1.50. The van der Waals surface area contributed by atoms with E-state index >= 15 is 0 Å². The molecule has 0 fully saturated rings. The van der Waals surface area contributed by atoms with Crippen LogP contribution in [-0.4, -0.2) is 49.0 Å². The third kappa shape index (κ3) is 5.77. The van der Waals surface area contributed by atoms with Crippen LogP contribution in [0.4, 0.5) is 0 Å². The molecular weight excluding hydrogens is 448 g/mol. The Morgan fingerprint density at radius 2 is 1.97 bits per heavy atom. The molecule has 2 aromatic rings. The molecule has 1 aromatic heterocycles. The molecule has 0 radical (unpaired) electrons. The van der Waals surface area contributed by atoms with Gasteiger partial charge in [-0.25, -0.2) is 0 Å². The molecule has 0 atom stereocenters. The van der Waals surface area contributed by atoms with Gasteiger partial charge in [-0.05, 0) is 42.8 Å². The number of imide groups is 1. The average Bonchev–Trinajstić information content (AvgIpc) is 3.24. The molecule has 0 unspecified atom stereocenters. The van der Waals surface area contributed by atoms with E-state index < -0.39 is 17.8 Å². The van der Waals surface area contributed by atoms with Crippen LogP contribution in [0.25, 0.3) is 17.4 Å². The lowest BCUT2D eigenvalue weighted by molar-refractivity contribution is -0.142. The largest absolute Gasteiger partial charge is 0.463 e. The number of nitriles is 1. The number of halogens is 1. The summed E-state index contributed by atoms with van der Waals surface area (Å²) in [5, 5.41) is 10.0. The highest BCUT2D eigenvalue weighted by Crippen LogP contribution is 2.29. The van der Waals surface area contributed by atoms with Crippen molar-refractivity contribution >= 4 is 35.5 Å². The Balaban J connectivity index is 1.79. The van der Waals surface area contributed by atoms with Crippen LogP contribution >= 0.6 is 11.6 Å². The zero-order valence-electron chi connectivity index (χ0n) is 18.1. The van der Waals surface area contributed by atoms with Gasteiger partial charge in [0.2, 0.25) is 0 Å². The number of amides is 2. The van der Waals surface area contributed by atoms with Crippen LogP contribution in [0, 0.1) is 11.3 Å². The summed E-state index contributed by atoms with van der Waals surface area (Å²) in [5.74, 6) is -0.716. The maximum absolute atomic E-state index is 13.1. The van der Waals surface area contributed by atoms with Gasteiger partial charge in [0.25, 0.3) is 11.8 Å². The second-order valence-corrected chi connectivity index (χ2v) is 7.53. The van der Waals surface area contributed by atoms with Gasteiger partial charge < -0.3 is 13.9 Å². The van der Waals surface area contributed by atoms with E-state index in [0.29, 0.717) is 16.5 Å². The summed E-state index contributed by atoms with van der Waals surface area (Å²) in [6.45, 7) is 3.00. The van der Waals surface area contributed by atoms with Gasteiger partial charge in [0.15, 0.2) is 0 Å². The van der Waals surface area contributed by atoms with Gasteiger partial charge in [0, 0.05) is 23.1 Å². The van der Waals surface area contributed by atoms with E-state index in [9.17, 15) is 19.6 Å². The number of esters is 1. The topological polar surface area (TPSA) is 110 Å². The van der Waals surface area contributed by atoms with E-state index in [1.54, 1.807) is 37.3 Å². The highest BCUT2D eigenvalue weighted by molar-refractivity contribution is 6.30. The predicted octanol–water partition coefficient (Wildman–Crippen LogP) is 3.77. The Labute approximate surface area is 195 Å². The number of benzene rings is 1. The fourth-order valence-corrected chi connectivity index (χ4v) is 3.39. The predicted molar refractivity (Wildman–Crippen MR) is 120 cm³/mol. The summed E-state index contributed by atoms with van der Waals surface area (Å²) < 4.78 is 15.9. The summed E-state index contributed by atoms with van der Waals surface area (Å²) in [7, 11) is 0. The fraction of sp³-hybridized carbons (Fsp3) is 0.250. The van der Waals surface area contributed by atoms with E-state index in [0.717, 1.165) is 10.5 Å². The third-order valence-electron chi connectivity index (χ3n) is 4.84. The summed E-state index contributed by atoms with van der Waals surface area (Å²) in [4.78, 5) is 37.4. The molecule has 2 heterocycles. The molecule has 8 nitrogen and oxygen atoms in total. The van der Waals surface area contributed by atoms with Crippen LogP contribution in [-0.2, 0) is 23.9 Å². The molecule has 0 saturated heterocycles. The van der Waals surface area contributed by atoms with E-state index in [4.69, 9.17) is 25.5 Å². The van der Waals surface area contributed by atoms with Crippen molar-refractivity contribution in [3.8, 4) is 17.4 Å². The Morgan fingerprint density at radius 1 is 1.18 bits per heavy atom. The van der Waals surface area contributed by atoms with E-state index in [2.05, 4.69) is 0 Å². The van der Waals surface area contributed by atoms with Crippen molar-refractivity contribution in [3.63, 3.8) is 0 Å². The van der Waals surface area contributed by atoms with Gasteiger partial charge in [-0.15, -0.1) is 0 Å². The monoisotopic (exact) mass is 468 g/mol. The Bertz CT molecular complexity index is 1190. The lowest BCUT2D eigenvalue weighted by Crippen LogP contribution is -2.44. The molecule has 0 bridgehead atoms. The van der Waals surface area contributed by atoms with Crippen molar-refractivity contribution in [1.29, 1.82) is 5.26 Å². The summed E-state index contributed by atoms with van der Waals surface area (Å²) in [6, 6.07) is 12.5. The molecular formula is C24H21ClN2O6. The number of nitrogens with zero attached hydrogens (tertiary/aromatic N) is 2. The molecule has 0 spiro atoms. The number of carbonyl (C=O) groups is 3. The first-order valence-electron chi connectivity index (χ1n) is 10.1. The number of ether oxygens (including phenoxy) is 2. The van der Waals surface area contributed by atoms with Gasteiger partial charge in [-0.3, -0.25) is 19.3 Å². The second kappa shape index (κ2) is 10.8. The normalized spacial score (nSPS) is 15.2. The smallest absolute Gasteiger partial charge is 0.302 e. The molecule has 1 aliphatic rings. The number of hydrogen-bond donors (Lipinski definition) is 0. The zero-order valence-corrected chi connectivity index (χ0v) is 18.8. The lowest BCUT2D eigenvalue weighted by Gasteiger charge is -2.27. The first-order valence-corrected chi connectivity index (χ1v) is 10.5. The quantitative estimate of drug-likeness (QED) is 0.251. The van der Waals surface area contributed by atoms with Gasteiger partial charge in [-0.2, -0.15) is 5.26 Å². The molecule has 33 heavy (non-hydrogen) atoms. The first-order chi connectivity index (χ1) is 15.8. The lowest BCUT2D eigenvalue weighted by atomic mass is 9.94. The van der Waals surface area contributed by atoms with Crippen molar-refractivity contribution < 1.29 is 28.3 Å². The number of hydrogen-bond acceptors (Lipinski definition) is 7. The minimum Gasteiger partial charge on any atom is -0.463 e. The highest BCUT2D eigenvalue weighted by atomic mass is 35.5. The minimum absolute atomic E-state index is 0.0312. The molecule has 170 valence electrons. The number of furan rings is 1. The van der Waals surface area contributed by atoms with E-state index in [-0.39, 0.29) is 43.1 Å². The minimum atomic E-state index is -0.681. The highest BCUT2D eigenvalue weighted by Gasteiger charge is 2.35. The number of rotatable bonds is 8. The zero-order chi connectivity index (χ0) is 24.0. The average molecular weight is 469 g/mol. The molecule has 0 aliphatic carbocycles. The Morgan fingerprint density at radius 3 is 2.67 bits per heavy atom. The molecule has 0 N–H and O–H groups in total. The molecule has 0 saturated carbocycles. The first kappa shape index (κ1) is 24.0. The Kier molecular flexibility index (Phi) is 7.83.